The lowest BCUT2D eigenvalue weighted by molar-refractivity contribution is 0.415. The van der Waals surface area contributed by atoms with E-state index in [4.69, 9.17) is 42.8 Å². The predicted octanol–water partition coefficient (Wildman–Crippen LogP) is 5.89. The van der Waals surface area contributed by atoms with Crippen LogP contribution in [0.2, 0.25) is 10.0 Å². The zero-order chi connectivity index (χ0) is 22.8. The van der Waals surface area contributed by atoms with Crippen LogP contribution in [0.5, 0.6) is 11.5 Å². The van der Waals surface area contributed by atoms with E-state index in [1.54, 1.807) is 25.5 Å². The highest BCUT2D eigenvalue weighted by Gasteiger charge is 2.17. The van der Waals surface area contributed by atoms with E-state index in [9.17, 15) is 5.26 Å². The van der Waals surface area contributed by atoms with Gasteiger partial charge in [-0.3, -0.25) is 4.98 Å². The molecule has 3 N–H and O–H groups in total. The van der Waals surface area contributed by atoms with Gasteiger partial charge in [0.05, 0.1) is 59.5 Å². The largest absolute Gasteiger partial charge is 0.496 e. The Morgan fingerprint density at radius 2 is 1.88 bits per heavy atom. The summed E-state index contributed by atoms with van der Waals surface area (Å²) in [7, 11) is 3.09. The SMILES string of the molecule is COc1cc(Nc2c(C#N)cnc3cc(-c4coc(CN)c4)c(OC)cc23)c(Cl)cc1Cl. The second-order valence-corrected chi connectivity index (χ2v) is 7.64. The van der Waals surface area contributed by atoms with Gasteiger partial charge in [-0.25, -0.2) is 0 Å². The third-order valence-corrected chi connectivity index (χ3v) is 5.58. The van der Waals surface area contributed by atoms with Crippen molar-refractivity contribution >= 4 is 45.5 Å². The molecule has 0 aliphatic rings. The van der Waals surface area contributed by atoms with Gasteiger partial charge >= 0.3 is 0 Å². The highest BCUT2D eigenvalue weighted by Crippen LogP contribution is 2.41. The van der Waals surface area contributed by atoms with Crippen molar-refractivity contribution in [3.8, 4) is 28.7 Å². The van der Waals surface area contributed by atoms with E-state index in [1.165, 1.54) is 13.3 Å². The molecule has 0 fully saturated rings. The van der Waals surface area contributed by atoms with Crippen LogP contribution < -0.4 is 20.5 Å². The van der Waals surface area contributed by atoms with Gasteiger partial charge in [-0.15, -0.1) is 0 Å². The van der Waals surface area contributed by atoms with E-state index in [0.29, 0.717) is 61.7 Å². The molecule has 0 atom stereocenters. The number of benzene rings is 2. The van der Waals surface area contributed by atoms with Gasteiger partial charge < -0.3 is 24.9 Å². The lowest BCUT2D eigenvalue weighted by Crippen LogP contribution is -1.99. The van der Waals surface area contributed by atoms with E-state index in [1.807, 2.05) is 18.2 Å². The average molecular weight is 469 g/mol. The maximum Gasteiger partial charge on any atom is 0.139 e. The van der Waals surface area contributed by atoms with Crippen molar-refractivity contribution in [2.75, 3.05) is 19.5 Å². The maximum atomic E-state index is 9.69. The van der Waals surface area contributed by atoms with Crippen molar-refractivity contribution in [2.45, 2.75) is 6.54 Å². The fourth-order valence-electron chi connectivity index (χ4n) is 3.38. The van der Waals surface area contributed by atoms with Gasteiger partial charge in [0.2, 0.25) is 0 Å². The molecule has 0 unspecified atom stereocenters. The van der Waals surface area contributed by atoms with E-state index in [0.717, 1.165) is 11.1 Å². The summed E-state index contributed by atoms with van der Waals surface area (Å²) < 4.78 is 16.4. The quantitative estimate of drug-likeness (QED) is 0.363. The number of nitrogens with zero attached hydrogens (tertiary/aromatic N) is 2. The minimum absolute atomic E-state index is 0.291. The monoisotopic (exact) mass is 468 g/mol. The fourth-order valence-corrected chi connectivity index (χ4v) is 3.89. The molecule has 0 amide bonds. The Balaban J connectivity index is 1.90. The molecule has 0 radical (unpaired) electrons. The highest BCUT2D eigenvalue weighted by molar-refractivity contribution is 6.37. The Morgan fingerprint density at radius 1 is 1.09 bits per heavy atom. The van der Waals surface area contributed by atoms with Gasteiger partial charge in [-0.1, -0.05) is 23.2 Å². The van der Waals surface area contributed by atoms with Crippen molar-refractivity contribution in [1.82, 2.24) is 4.98 Å². The van der Waals surface area contributed by atoms with Gasteiger partial charge in [-0.05, 0) is 24.3 Å². The molecule has 0 bridgehead atoms. The van der Waals surface area contributed by atoms with E-state index < -0.39 is 0 Å². The molecule has 2 aromatic heterocycles. The molecule has 2 heterocycles. The number of nitrogens with two attached hydrogens (primary N) is 1. The number of rotatable bonds is 6. The minimum atomic E-state index is 0.291. The first kappa shape index (κ1) is 21.8. The maximum absolute atomic E-state index is 9.69. The predicted molar refractivity (Wildman–Crippen MR) is 125 cm³/mol. The van der Waals surface area contributed by atoms with Crippen molar-refractivity contribution in [3.05, 3.63) is 64.2 Å². The summed E-state index contributed by atoms with van der Waals surface area (Å²) >= 11 is 12.5. The number of hydrogen-bond donors (Lipinski definition) is 2. The second kappa shape index (κ2) is 8.97. The number of hydrogen-bond acceptors (Lipinski definition) is 7. The summed E-state index contributed by atoms with van der Waals surface area (Å²) in [5.74, 6) is 1.69. The Labute approximate surface area is 194 Å². The summed E-state index contributed by atoms with van der Waals surface area (Å²) in [6.45, 7) is 0.291. The van der Waals surface area contributed by atoms with E-state index in [-0.39, 0.29) is 0 Å². The molecule has 0 saturated carbocycles. The Kier molecular flexibility index (Phi) is 6.10. The minimum Gasteiger partial charge on any atom is -0.496 e. The molecule has 32 heavy (non-hydrogen) atoms. The first-order chi connectivity index (χ1) is 15.5. The average Bonchev–Trinajstić information content (AvgIpc) is 3.29. The van der Waals surface area contributed by atoms with Crippen LogP contribution >= 0.6 is 23.2 Å². The van der Waals surface area contributed by atoms with Gasteiger partial charge in [0.15, 0.2) is 0 Å². The van der Waals surface area contributed by atoms with Gasteiger partial charge in [0.1, 0.15) is 23.3 Å². The first-order valence-electron chi connectivity index (χ1n) is 9.47. The van der Waals surface area contributed by atoms with Crippen LogP contribution in [0.3, 0.4) is 0 Å². The number of fused-ring (bicyclic) bond motifs is 1. The molecule has 0 spiro atoms. The molecule has 7 nitrogen and oxygen atoms in total. The summed E-state index contributed by atoms with van der Waals surface area (Å²) in [5, 5.41) is 14.4. The first-order valence-corrected chi connectivity index (χ1v) is 10.2. The number of halogens is 2. The number of nitrogens with one attached hydrogen (secondary N) is 1. The molecule has 9 heteroatoms. The standard InChI is InChI=1S/C23H18Cl2N4O3/c1-30-21-5-16-19(4-15(21)12-3-14(9-27)32-11-12)28-10-13(8-26)23(16)29-20-7-22(31-2)18(25)6-17(20)24/h3-7,10-11H,9,27H2,1-2H3,(H,28,29). The van der Waals surface area contributed by atoms with Crippen LogP contribution in [-0.4, -0.2) is 19.2 Å². The van der Waals surface area contributed by atoms with Crippen LogP contribution in [0, 0.1) is 11.3 Å². The van der Waals surface area contributed by atoms with E-state index >= 15 is 0 Å². The van der Waals surface area contributed by atoms with E-state index in [2.05, 4.69) is 16.4 Å². The third kappa shape index (κ3) is 3.92. The Morgan fingerprint density at radius 3 is 2.53 bits per heavy atom. The number of pyridine rings is 1. The molecular formula is C23H18Cl2N4O3. The Bertz CT molecular complexity index is 1360. The van der Waals surface area contributed by atoms with Crippen molar-refractivity contribution < 1.29 is 13.9 Å². The van der Waals surface area contributed by atoms with Crippen molar-refractivity contribution in [1.29, 1.82) is 5.26 Å². The van der Waals surface area contributed by atoms with Crippen LogP contribution in [0.4, 0.5) is 11.4 Å². The van der Waals surface area contributed by atoms with Gasteiger partial charge in [0.25, 0.3) is 0 Å². The molecule has 4 rings (SSSR count). The number of furan rings is 1. The summed E-state index contributed by atoms with van der Waals surface area (Å²) in [6.07, 6.45) is 3.12. The van der Waals surface area contributed by atoms with Crippen LogP contribution in [0.15, 0.2) is 47.2 Å². The zero-order valence-corrected chi connectivity index (χ0v) is 18.7. The van der Waals surface area contributed by atoms with Crippen molar-refractivity contribution in [2.24, 2.45) is 5.73 Å². The molecule has 0 saturated heterocycles. The lowest BCUT2D eigenvalue weighted by atomic mass is 10.0. The number of anilines is 2. The van der Waals surface area contributed by atoms with Gasteiger partial charge in [0, 0.05) is 28.8 Å². The smallest absolute Gasteiger partial charge is 0.139 e. The van der Waals surface area contributed by atoms with Crippen LogP contribution in [0.1, 0.15) is 11.3 Å². The second-order valence-electron chi connectivity index (χ2n) is 6.83. The van der Waals surface area contributed by atoms with Gasteiger partial charge in [-0.2, -0.15) is 5.26 Å². The topological polar surface area (TPSA) is 106 Å². The molecule has 4 aromatic rings. The molecule has 0 aliphatic carbocycles. The zero-order valence-electron chi connectivity index (χ0n) is 17.2. The highest BCUT2D eigenvalue weighted by atomic mass is 35.5. The molecule has 0 aliphatic heterocycles. The Hall–Kier alpha value is -3.44. The van der Waals surface area contributed by atoms with Crippen LogP contribution in [-0.2, 0) is 6.54 Å². The summed E-state index contributed by atoms with van der Waals surface area (Å²) in [6, 6.07) is 11.0. The normalized spacial score (nSPS) is 10.8. The molecule has 2 aromatic carbocycles. The molecular weight excluding hydrogens is 451 g/mol. The van der Waals surface area contributed by atoms with Crippen LogP contribution in [0.25, 0.3) is 22.0 Å². The number of ether oxygens (including phenoxy) is 2. The number of aromatic nitrogens is 1. The third-order valence-electron chi connectivity index (χ3n) is 4.98. The number of nitriles is 1. The van der Waals surface area contributed by atoms with Crippen molar-refractivity contribution in [3.63, 3.8) is 0 Å². The molecule has 162 valence electrons. The lowest BCUT2D eigenvalue weighted by Gasteiger charge is -2.16. The summed E-state index contributed by atoms with van der Waals surface area (Å²) in [4.78, 5) is 4.46. The summed E-state index contributed by atoms with van der Waals surface area (Å²) in [5.41, 5.74) is 9.32. The fraction of sp³-hybridized carbons (Fsp3) is 0.130. The number of methoxy groups -OCH3 is 2.